The molecule has 1 heterocycles. The van der Waals surface area contributed by atoms with E-state index < -0.39 is 6.43 Å². The molecule has 1 aromatic rings. The second-order valence-electron chi connectivity index (χ2n) is 5.29. The molecule has 1 N–H and O–H groups in total. The number of nitrogens with zero attached hydrogens (tertiary/aromatic N) is 1. The van der Waals surface area contributed by atoms with E-state index in [9.17, 15) is 13.9 Å². The highest BCUT2D eigenvalue weighted by Crippen LogP contribution is 2.23. The molecular weight excluding hydrogens is 248 g/mol. The summed E-state index contributed by atoms with van der Waals surface area (Å²) in [5.41, 5.74) is 1.13. The highest BCUT2D eigenvalue weighted by atomic mass is 19.3. The minimum atomic E-state index is -2.26. The molecule has 1 aromatic carbocycles. The van der Waals surface area contributed by atoms with Crippen LogP contribution in [-0.4, -0.2) is 42.2 Å². The van der Waals surface area contributed by atoms with Crippen molar-refractivity contribution in [3.05, 3.63) is 35.9 Å². The number of aliphatic hydroxyl groups excluding tert-OH is 1. The van der Waals surface area contributed by atoms with Gasteiger partial charge in [0.15, 0.2) is 0 Å². The van der Waals surface area contributed by atoms with E-state index in [0.717, 1.165) is 18.4 Å². The van der Waals surface area contributed by atoms with Gasteiger partial charge in [-0.3, -0.25) is 4.90 Å². The lowest BCUT2D eigenvalue weighted by Crippen LogP contribution is -2.40. The van der Waals surface area contributed by atoms with Gasteiger partial charge in [0, 0.05) is 0 Å². The number of piperidine rings is 1. The average molecular weight is 269 g/mol. The van der Waals surface area contributed by atoms with E-state index in [0.29, 0.717) is 19.5 Å². The van der Waals surface area contributed by atoms with Crippen LogP contribution in [0, 0.1) is 5.92 Å². The standard InChI is InChI=1S/C15H21F2NO/c16-15(17)11-18-8-6-13(7-9-18)14(19)10-12-4-2-1-3-5-12/h1-5,13-15,19H,6-11H2/t14-/m0/s1. The Labute approximate surface area is 113 Å². The van der Waals surface area contributed by atoms with E-state index in [4.69, 9.17) is 0 Å². The molecule has 2 nitrogen and oxygen atoms in total. The molecule has 0 amide bonds. The number of hydrogen-bond acceptors (Lipinski definition) is 2. The highest BCUT2D eigenvalue weighted by molar-refractivity contribution is 5.15. The van der Waals surface area contributed by atoms with Crippen LogP contribution in [0.2, 0.25) is 0 Å². The Hall–Kier alpha value is -1.00. The molecule has 1 aliphatic heterocycles. The van der Waals surface area contributed by atoms with Gasteiger partial charge in [-0.2, -0.15) is 0 Å². The van der Waals surface area contributed by atoms with Crippen molar-refractivity contribution in [2.45, 2.75) is 31.8 Å². The first-order valence-corrected chi connectivity index (χ1v) is 6.87. The van der Waals surface area contributed by atoms with Gasteiger partial charge in [-0.1, -0.05) is 30.3 Å². The van der Waals surface area contributed by atoms with Crippen LogP contribution in [0.4, 0.5) is 8.78 Å². The van der Waals surface area contributed by atoms with E-state index in [-0.39, 0.29) is 18.6 Å². The quantitative estimate of drug-likeness (QED) is 0.888. The van der Waals surface area contributed by atoms with Crippen LogP contribution in [0.25, 0.3) is 0 Å². The minimum Gasteiger partial charge on any atom is -0.392 e. The lowest BCUT2D eigenvalue weighted by atomic mass is 9.88. The summed E-state index contributed by atoms with van der Waals surface area (Å²) >= 11 is 0. The van der Waals surface area contributed by atoms with Gasteiger partial charge in [-0.05, 0) is 43.8 Å². The molecule has 1 saturated heterocycles. The molecule has 0 aliphatic carbocycles. The van der Waals surface area contributed by atoms with Gasteiger partial charge in [0.25, 0.3) is 6.43 Å². The van der Waals surface area contributed by atoms with Crippen LogP contribution in [0.5, 0.6) is 0 Å². The molecule has 0 unspecified atom stereocenters. The maximum absolute atomic E-state index is 12.3. The monoisotopic (exact) mass is 269 g/mol. The van der Waals surface area contributed by atoms with Gasteiger partial charge in [0.2, 0.25) is 0 Å². The molecule has 0 bridgehead atoms. The van der Waals surface area contributed by atoms with Crippen LogP contribution in [0.15, 0.2) is 30.3 Å². The molecular formula is C15H21F2NO. The topological polar surface area (TPSA) is 23.5 Å². The molecule has 1 atom stereocenters. The van der Waals surface area contributed by atoms with Crippen LogP contribution in [0.1, 0.15) is 18.4 Å². The van der Waals surface area contributed by atoms with Crippen molar-refractivity contribution in [2.75, 3.05) is 19.6 Å². The van der Waals surface area contributed by atoms with E-state index in [2.05, 4.69) is 0 Å². The normalized spacial score (nSPS) is 19.8. The molecule has 0 saturated carbocycles. The molecule has 0 radical (unpaired) electrons. The smallest absolute Gasteiger partial charge is 0.251 e. The number of hydrogen-bond donors (Lipinski definition) is 1. The number of aliphatic hydroxyl groups is 1. The van der Waals surface area contributed by atoms with Crippen molar-refractivity contribution < 1.29 is 13.9 Å². The predicted molar refractivity (Wildman–Crippen MR) is 71.3 cm³/mol. The van der Waals surface area contributed by atoms with Crippen molar-refractivity contribution in [3.63, 3.8) is 0 Å². The lowest BCUT2D eigenvalue weighted by Gasteiger charge is -2.34. The van der Waals surface area contributed by atoms with Crippen LogP contribution >= 0.6 is 0 Å². The zero-order chi connectivity index (χ0) is 13.7. The molecule has 1 aliphatic rings. The summed E-state index contributed by atoms with van der Waals surface area (Å²) in [6.07, 6.45) is -0.358. The Morgan fingerprint density at radius 1 is 1.16 bits per heavy atom. The fourth-order valence-corrected chi connectivity index (χ4v) is 2.74. The largest absolute Gasteiger partial charge is 0.392 e. The summed E-state index contributed by atoms with van der Waals surface area (Å²) < 4.78 is 24.5. The highest BCUT2D eigenvalue weighted by Gasteiger charge is 2.26. The van der Waals surface area contributed by atoms with E-state index in [1.165, 1.54) is 0 Å². The Morgan fingerprint density at radius 2 is 1.79 bits per heavy atom. The second kappa shape index (κ2) is 6.96. The third-order valence-electron chi connectivity index (χ3n) is 3.86. The Bertz CT molecular complexity index is 364. The maximum atomic E-state index is 12.3. The van der Waals surface area contributed by atoms with Gasteiger partial charge in [-0.15, -0.1) is 0 Å². The number of benzene rings is 1. The summed E-state index contributed by atoms with van der Waals surface area (Å²) in [4.78, 5) is 1.79. The fourth-order valence-electron chi connectivity index (χ4n) is 2.74. The molecule has 4 heteroatoms. The average Bonchev–Trinajstić information content (AvgIpc) is 2.40. The predicted octanol–water partition coefficient (Wildman–Crippen LogP) is 2.57. The zero-order valence-electron chi connectivity index (χ0n) is 11.0. The third kappa shape index (κ3) is 4.55. The summed E-state index contributed by atoms with van der Waals surface area (Å²) in [6, 6.07) is 9.91. The SMILES string of the molecule is O[C@@H](Cc1ccccc1)C1CCN(CC(F)F)CC1. The van der Waals surface area contributed by atoms with Gasteiger partial charge in [0.1, 0.15) is 0 Å². The zero-order valence-corrected chi connectivity index (χ0v) is 11.0. The molecule has 0 spiro atoms. The number of rotatable bonds is 5. The Balaban J connectivity index is 1.78. The van der Waals surface area contributed by atoms with Gasteiger partial charge in [0.05, 0.1) is 12.6 Å². The summed E-state index contributed by atoms with van der Waals surface area (Å²) in [5.74, 6) is 0.231. The first kappa shape index (κ1) is 14.4. The Kier molecular flexibility index (Phi) is 5.28. The van der Waals surface area contributed by atoms with Crippen LogP contribution in [0.3, 0.4) is 0 Å². The lowest BCUT2D eigenvalue weighted by molar-refractivity contribution is 0.0329. The third-order valence-corrected chi connectivity index (χ3v) is 3.86. The first-order chi connectivity index (χ1) is 9.15. The first-order valence-electron chi connectivity index (χ1n) is 6.87. The fraction of sp³-hybridized carbons (Fsp3) is 0.600. The molecule has 19 heavy (non-hydrogen) atoms. The van der Waals surface area contributed by atoms with Crippen molar-refractivity contribution in [1.29, 1.82) is 0 Å². The molecule has 0 aromatic heterocycles. The van der Waals surface area contributed by atoms with Gasteiger partial charge < -0.3 is 5.11 Å². The van der Waals surface area contributed by atoms with Crippen molar-refractivity contribution in [3.8, 4) is 0 Å². The van der Waals surface area contributed by atoms with Crippen LogP contribution in [-0.2, 0) is 6.42 Å². The number of likely N-dealkylation sites (tertiary alicyclic amines) is 1. The summed E-state index contributed by atoms with van der Waals surface area (Å²) in [7, 11) is 0. The number of alkyl halides is 2. The van der Waals surface area contributed by atoms with E-state index in [1.54, 1.807) is 4.90 Å². The minimum absolute atomic E-state index is 0.137. The van der Waals surface area contributed by atoms with E-state index in [1.807, 2.05) is 30.3 Å². The molecule has 2 rings (SSSR count). The van der Waals surface area contributed by atoms with Crippen molar-refractivity contribution >= 4 is 0 Å². The van der Waals surface area contributed by atoms with Gasteiger partial charge >= 0.3 is 0 Å². The van der Waals surface area contributed by atoms with Crippen molar-refractivity contribution in [1.82, 2.24) is 4.90 Å². The van der Waals surface area contributed by atoms with E-state index >= 15 is 0 Å². The molecule has 1 fully saturated rings. The van der Waals surface area contributed by atoms with Crippen molar-refractivity contribution in [2.24, 2.45) is 5.92 Å². The summed E-state index contributed by atoms with van der Waals surface area (Å²) in [6.45, 7) is 1.20. The Morgan fingerprint density at radius 3 is 2.37 bits per heavy atom. The van der Waals surface area contributed by atoms with Gasteiger partial charge in [-0.25, -0.2) is 8.78 Å². The summed E-state index contributed by atoms with van der Waals surface area (Å²) in [5, 5.41) is 10.2. The maximum Gasteiger partial charge on any atom is 0.251 e. The number of halogens is 2. The van der Waals surface area contributed by atoms with Crippen LogP contribution < -0.4 is 0 Å². The second-order valence-corrected chi connectivity index (χ2v) is 5.29. The molecule has 106 valence electrons.